The minimum absolute atomic E-state index is 0.308. The Morgan fingerprint density at radius 1 is 1.32 bits per heavy atom. The van der Waals surface area contributed by atoms with Gasteiger partial charge in [0.2, 0.25) is 0 Å². The fourth-order valence-corrected chi connectivity index (χ4v) is 5.05. The lowest BCUT2D eigenvalue weighted by atomic mass is 9.78. The first kappa shape index (κ1) is 19.4. The molecule has 2 aromatic carbocycles. The Bertz CT molecular complexity index is 1180. The molecule has 3 aromatic rings. The predicted molar refractivity (Wildman–Crippen MR) is 116 cm³/mol. The van der Waals surface area contributed by atoms with Gasteiger partial charge in [-0.05, 0) is 61.9 Å². The molecule has 1 aliphatic carbocycles. The van der Waals surface area contributed by atoms with Crippen LogP contribution in [0.3, 0.4) is 0 Å². The number of amides is 1. The molecule has 1 saturated carbocycles. The molecule has 1 aliphatic heterocycles. The lowest BCUT2D eigenvalue weighted by molar-refractivity contribution is 0.00439. The quantitative estimate of drug-likeness (QED) is 0.625. The second kappa shape index (κ2) is 7.62. The molecule has 5 rings (SSSR count). The van der Waals surface area contributed by atoms with Crippen LogP contribution in [0.2, 0.25) is 0 Å². The van der Waals surface area contributed by atoms with Crippen LogP contribution in [-0.4, -0.2) is 34.9 Å². The second-order valence-electron chi connectivity index (χ2n) is 8.48. The third kappa shape index (κ3) is 3.48. The van der Waals surface area contributed by atoms with E-state index >= 15 is 0 Å². The number of hydrogen-bond donors (Lipinski definition) is 0. The minimum Gasteiger partial charge on any atom is -0.495 e. The molecule has 2 aliphatic rings. The van der Waals surface area contributed by atoms with E-state index in [1.165, 1.54) is 0 Å². The second-order valence-corrected chi connectivity index (χ2v) is 8.48. The van der Waals surface area contributed by atoms with Crippen LogP contribution in [0, 0.1) is 17.2 Å². The summed E-state index contributed by atoms with van der Waals surface area (Å²) in [5.74, 6) is 1.03. The summed E-state index contributed by atoms with van der Waals surface area (Å²) in [6, 6.07) is 15.3. The van der Waals surface area contributed by atoms with E-state index < -0.39 is 5.60 Å². The number of benzene rings is 2. The van der Waals surface area contributed by atoms with Crippen LogP contribution in [0.25, 0.3) is 11.0 Å². The van der Waals surface area contributed by atoms with Crippen molar-refractivity contribution in [1.82, 2.24) is 9.55 Å². The number of methoxy groups -OCH3 is 1. The summed E-state index contributed by atoms with van der Waals surface area (Å²) in [5.41, 5.74) is 2.76. The van der Waals surface area contributed by atoms with Crippen molar-refractivity contribution in [1.29, 1.82) is 5.26 Å². The molecule has 0 radical (unpaired) electrons. The van der Waals surface area contributed by atoms with Gasteiger partial charge in [0.05, 0.1) is 48.3 Å². The molecule has 158 valence electrons. The van der Waals surface area contributed by atoms with Crippen molar-refractivity contribution >= 4 is 22.8 Å². The number of carbonyl (C=O) groups is 1. The Balaban J connectivity index is 1.36. The van der Waals surface area contributed by atoms with Gasteiger partial charge in [-0.2, -0.15) is 5.26 Å². The molecule has 1 amide bonds. The Morgan fingerprint density at radius 2 is 2.19 bits per heavy atom. The smallest absolute Gasteiger partial charge is 0.415 e. The third-order valence-electron chi connectivity index (χ3n) is 6.46. The number of hydrogen-bond acceptors (Lipinski definition) is 5. The van der Waals surface area contributed by atoms with Crippen LogP contribution < -0.4 is 9.64 Å². The molecule has 1 aromatic heterocycles. The van der Waals surface area contributed by atoms with Crippen LogP contribution in [0.4, 0.5) is 10.5 Å². The molecular formula is C24H24N4O3. The summed E-state index contributed by atoms with van der Waals surface area (Å²) in [4.78, 5) is 19.0. The van der Waals surface area contributed by atoms with E-state index in [0.717, 1.165) is 48.9 Å². The number of aromatic nitrogens is 2. The summed E-state index contributed by atoms with van der Waals surface area (Å²) in [6.45, 7) is 1.32. The van der Waals surface area contributed by atoms with Crippen LogP contribution in [0.15, 0.2) is 48.8 Å². The van der Waals surface area contributed by atoms with Gasteiger partial charge in [0, 0.05) is 6.54 Å². The predicted octanol–water partition coefficient (Wildman–Crippen LogP) is 4.50. The zero-order valence-corrected chi connectivity index (χ0v) is 17.5. The molecule has 31 heavy (non-hydrogen) atoms. The van der Waals surface area contributed by atoms with Crippen molar-refractivity contribution in [3.05, 3.63) is 54.4 Å². The largest absolute Gasteiger partial charge is 0.495 e. The molecule has 7 nitrogen and oxygen atoms in total. The number of fused-ring (bicyclic) bond motifs is 1. The number of imidazole rings is 1. The highest BCUT2D eigenvalue weighted by Crippen LogP contribution is 2.43. The number of nitrogens with zero attached hydrogens (tertiary/aromatic N) is 4. The van der Waals surface area contributed by atoms with Gasteiger partial charge in [-0.25, -0.2) is 9.78 Å². The molecule has 1 saturated heterocycles. The molecule has 0 bridgehead atoms. The van der Waals surface area contributed by atoms with Crippen LogP contribution in [0.5, 0.6) is 5.75 Å². The van der Waals surface area contributed by atoms with E-state index in [-0.39, 0.29) is 6.09 Å². The van der Waals surface area contributed by atoms with Gasteiger partial charge in [0.1, 0.15) is 11.4 Å². The maximum atomic E-state index is 12.8. The number of para-hydroxylation sites is 2. The summed E-state index contributed by atoms with van der Waals surface area (Å²) in [5, 5.41) is 9.23. The van der Waals surface area contributed by atoms with Crippen LogP contribution >= 0.6 is 0 Å². The van der Waals surface area contributed by atoms with E-state index in [4.69, 9.17) is 9.47 Å². The van der Waals surface area contributed by atoms with Gasteiger partial charge in [0.25, 0.3) is 0 Å². The van der Waals surface area contributed by atoms with Gasteiger partial charge >= 0.3 is 6.09 Å². The van der Waals surface area contributed by atoms with Crippen molar-refractivity contribution in [2.24, 2.45) is 5.92 Å². The van der Waals surface area contributed by atoms with E-state index in [1.807, 2.05) is 42.7 Å². The molecule has 2 fully saturated rings. The highest BCUT2D eigenvalue weighted by molar-refractivity contribution is 5.92. The lowest BCUT2D eigenvalue weighted by Crippen LogP contribution is -2.40. The van der Waals surface area contributed by atoms with Gasteiger partial charge in [-0.1, -0.05) is 12.1 Å². The molecule has 2 heterocycles. The molecule has 1 spiro atoms. The van der Waals surface area contributed by atoms with E-state index in [2.05, 4.69) is 15.6 Å². The molecule has 0 unspecified atom stereocenters. The lowest BCUT2D eigenvalue weighted by Gasteiger charge is -2.36. The maximum absolute atomic E-state index is 12.8. The highest BCUT2D eigenvalue weighted by Gasteiger charge is 2.49. The average Bonchev–Trinajstić information content (AvgIpc) is 3.33. The Hall–Kier alpha value is -3.53. The van der Waals surface area contributed by atoms with E-state index in [9.17, 15) is 10.1 Å². The molecule has 7 heteroatoms. The Morgan fingerprint density at radius 3 is 3.03 bits per heavy atom. The average molecular weight is 416 g/mol. The fraction of sp³-hybridized carbons (Fsp3) is 0.375. The Kier molecular flexibility index (Phi) is 4.78. The SMILES string of the molecule is COc1ccccc1N1C[C@@]2(CCC[C@H](Cn3cnc4ccc(C#N)cc43)C2)OC1=O. The van der Waals surface area contributed by atoms with Gasteiger partial charge in [-0.15, -0.1) is 0 Å². The summed E-state index contributed by atoms with van der Waals surface area (Å²) >= 11 is 0. The van der Waals surface area contributed by atoms with Crippen molar-refractivity contribution in [3.63, 3.8) is 0 Å². The highest BCUT2D eigenvalue weighted by atomic mass is 16.6. The first-order valence-electron chi connectivity index (χ1n) is 10.6. The van der Waals surface area contributed by atoms with Gasteiger partial charge in [0.15, 0.2) is 0 Å². The van der Waals surface area contributed by atoms with Crippen molar-refractivity contribution < 1.29 is 14.3 Å². The minimum atomic E-state index is -0.477. The fourth-order valence-electron chi connectivity index (χ4n) is 5.05. The summed E-state index contributed by atoms with van der Waals surface area (Å²) in [6.07, 6.45) is 5.29. The van der Waals surface area contributed by atoms with Gasteiger partial charge < -0.3 is 14.0 Å². The molecule has 2 atom stereocenters. The van der Waals surface area contributed by atoms with Gasteiger partial charge in [-0.3, -0.25) is 4.90 Å². The third-order valence-corrected chi connectivity index (χ3v) is 6.46. The van der Waals surface area contributed by atoms with E-state index in [0.29, 0.717) is 23.8 Å². The Labute approximate surface area is 180 Å². The molecule has 0 N–H and O–H groups in total. The molecular weight excluding hydrogens is 392 g/mol. The first-order chi connectivity index (χ1) is 15.1. The number of anilines is 1. The normalized spacial score (nSPS) is 23.2. The number of carbonyl (C=O) groups excluding carboxylic acids is 1. The number of nitriles is 1. The summed E-state index contributed by atoms with van der Waals surface area (Å²) in [7, 11) is 1.61. The van der Waals surface area contributed by atoms with Crippen LogP contribution in [-0.2, 0) is 11.3 Å². The topological polar surface area (TPSA) is 80.4 Å². The number of rotatable bonds is 4. The summed E-state index contributed by atoms with van der Waals surface area (Å²) < 4.78 is 13.6. The van der Waals surface area contributed by atoms with Crippen LogP contribution in [0.1, 0.15) is 31.2 Å². The zero-order chi connectivity index (χ0) is 21.4. The standard InChI is InChI=1S/C24H24N4O3/c1-30-22-7-3-2-6-20(22)28-15-24(31-23(28)29)10-4-5-18(12-24)14-27-16-26-19-9-8-17(13-25)11-21(19)27/h2-3,6-9,11,16,18H,4-5,10,12,14-15H2,1H3/t18-,24-/m0/s1. The zero-order valence-electron chi connectivity index (χ0n) is 17.5. The maximum Gasteiger partial charge on any atom is 0.415 e. The number of ether oxygens (including phenoxy) is 2. The first-order valence-corrected chi connectivity index (χ1v) is 10.6. The van der Waals surface area contributed by atoms with Crippen molar-refractivity contribution in [2.45, 2.75) is 37.8 Å². The monoisotopic (exact) mass is 416 g/mol. The van der Waals surface area contributed by atoms with Crippen molar-refractivity contribution in [3.8, 4) is 11.8 Å². The van der Waals surface area contributed by atoms with Crippen molar-refractivity contribution in [2.75, 3.05) is 18.6 Å². The van der Waals surface area contributed by atoms with E-state index in [1.54, 1.807) is 18.1 Å².